The number of aromatic nitrogens is 1. The van der Waals surface area contributed by atoms with Crippen LogP contribution in [-0.2, 0) is 29.1 Å². The Bertz CT molecular complexity index is 2130. The Labute approximate surface area is 340 Å². The number of alkyl halides is 3. The van der Waals surface area contributed by atoms with Gasteiger partial charge in [-0.2, -0.15) is 0 Å². The molecule has 3 fully saturated rings. The van der Waals surface area contributed by atoms with Gasteiger partial charge in [0.15, 0.2) is 5.60 Å². The van der Waals surface area contributed by atoms with E-state index in [-0.39, 0.29) is 55.2 Å². The first-order valence-electron chi connectivity index (χ1n) is 19.6. The number of nitrogens with one attached hydrogen (secondary N) is 3. The standard InChI is InChI=1S/C40H51F4N5O9S/c1-22-9-7-8-10-24-19-40(24,35(52)48-59(54,55)39(21-41)12-13-39)47-32(50)29-18-26(57-33-28-16-25(42)17-30(56-6)27(28)11-14-45-33)20-49(29)34(51)31(23(2)15-22)46-36(53)58-37(3,4)38(5,43)44/h8,10-11,14,16-17,22-24,26,29,31H,7,9,12-13,15,18-21H2,1-6H3,(H,46,53)(H,47,50)(H,48,52)/t22-,23+,24+,26+,29-,31-,40+/m0/s1. The van der Waals surface area contributed by atoms with E-state index < -0.39 is 98.2 Å². The molecule has 1 aromatic heterocycles. The Kier molecular flexibility index (Phi) is 11.9. The lowest BCUT2D eigenvalue weighted by atomic mass is 9.88. The zero-order valence-corrected chi connectivity index (χ0v) is 34.6. The van der Waals surface area contributed by atoms with E-state index in [2.05, 4.69) is 15.6 Å². The Hall–Kier alpha value is -4.68. The summed E-state index contributed by atoms with van der Waals surface area (Å²) in [5.74, 6) is -7.95. The number of methoxy groups -OCH3 is 1. The number of rotatable bonds is 10. The fraction of sp³-hybridized carbons (Fsp3) is 0.625. The predicted molar refractivity (Wildman–Crippen MR) is 206 cm³/mol. The first kappa shape index (κ1) is 43.9. The van der Waals surface area contributed by atoms with Gasteiger partial charge in [0.2, 0.25) is 27.7 Å². The van der Waals surface area contributed by atoms with Crippen molar-refractivity contribution in [3.05, 3.63) is 42.4 Å². The third kappa shape index (κ3) is 8.80. The van der Waals surface area contributed by atoms with Crippen LogP contribution in [0, 0.1) is 23.6 Å². The number of alkyl carbamates (subject to hydrolysis) is 1. The second-order valence-electron chi connectivity index (χ2n) is 17.1. The van der Waals surface area contributed by atoms with Crippen molar-refractivity contribution in [2.75, 3.05) is 20.3 Å². The smallest absolute Gasteiger partial charge is 0.408 e. The number of amides is 4. The topological polar surface area (TPSA) is 182 Å². The van der Waals surface area contributed by atoms with Gasteiger partial charge in [0.25, 0.3) is 11.8 Å². The van der Waals surface area contributed by atoms with E-state index in [1.165, 1.54) is 25.4 Å². The van der Waals surface area contributed by atoms with Crippen LogP contribution in [0.5, 0.6) is 11.6 Å². The molecule has 3 heterocycles. The third-order valence-corrected chi connectivity index (χ3v) is 14.3. The number of hydrogen-bond acceptors (Lipinski definition) is 10. The molecule has 0 radical (unpaired) electrons. The molecule has 4 aliphatic rings. The molecule has 4 amide bonds. The fourth-order valence-electron chi connectivity index (χ4n) is 7.84. The molecular weight excluding hydrogens is 803 g/mol. The van der Waals surface area contributed by atoms with Crippen molar-refractivity contribution in [3.63, 3.8) is 0 Å². The van der Waals surface area contributed by atoms with Crippen molar-refractivity contribution in [1.82, 2.24) is 25.2 Å². The first-order valence-corrected chi connectivity index (χ1v) is 21.1. The molecule has 19 heteroatoms. The summed E-state index contributed by atoms with van der Waals surface area (Å²) in [6, 6.07) is 1.17. The molecule has 6 rings (SSSR count). The van der Waals surface area contributed by atoms with E-state index in [0.29, 0.717) is 31.6 Å². The van der Waals surface area contributed by atoms with Crippen LogP contribution in [0.1, 0.15) is 79.6 Å². The van der Waals surface area contributed by atoms with Crippen molar-refractivity contribution in [2.24, 2.45) is 17.8 Å². The molecule has 7 atom stereocenters. The first-order chi connectivity index (χ1) is 27.6. The van der Waals surface area contributed by atoms with Crippen LogP contribution < -0.4 is 24.8 Å². The minimum Gasteiger partial charge on any atom is -0.496 e. The molecule has 2 aliphatic carbocycles. The number of carbonyl (C=O) groups excluding carboxylic acids is 4. The van der Waals surface area contributed by atoms with Gasteiger partial charge in [0.1, 0.15) is 46.7 Å². The molecule has 0 bridgehead atoms. The number of allylic oxidation sites excluding steroid dienone is 1. The lowest BCUT2D eigenvalue weighted by Crippen LogP contribution is -2.60. The van der Waals surface area contributed by atoms with Gasteiger partial charge in [-0.1, -0.05) is 26.0 Å². The SMILES string of the molecule is COc1cc(F)cc2c(O[C@@H]3C[C@H]4C(=O)N[C@]5(C(=O)NS(=O)(=O)C6(CF)CC6)C[C@H]5C=CCC[C@H](C)C[C@@H](C)[C@H](NC(=O)OC(C)(C)C(C)(F)F)C(=O)N4C3)nccc12. The lowest BCUT2D eigenvalue weighted by Gasteiger charge is -2.35. The van der Waals surface area contributed by atoms with Gasteiger partial charge in [0, 0.05) is 36.9 Å². The highest BCUT2D eigenvalue weighted by molar-refractivity contribution is 7.91. The Morgan fingerprint density at radius 3 is 2.46 bits per heavy atom. The van der Waals surface area contributed by atoms with Gasteiger partial charge in [0.05, 0.1) is 19.0 Å². The number of hydrogen-bond donors (Lipinski definition) is 3. The van der Waals surface area contributed by atoms with Crippen LogP contribution in [0.4, 0.5) is 22.4 Å². The summed E-state index contributed by atoms with van der Waals surface area (Å²) in [5, 5.41) is 5.89. The zero-order valence-electron chi connectivity index (χ0n) is 33.8. The molecule has 0 spiro atoms. The number of sulfonamides is 1. The summed E-state index contributed by atoms with van der Waals surface area (Å²) in [5.41, 5.74) is -4.04. The normalized spacial score (nSPS) is 28.6. The maximum absolute atomic E-state index is 14.8. The van der Waals surface area contributed by atoms with E-state index >= 15 is 0 Å². The summed E-state index contributed by atoms with van der Waals surface area (Å²) < 4.78 is 101. The molecule has 1 aromatic carbocycles. The Morgan fingerprint density at radius 1 is 1.10 bits per heavy atom. The average Bonchev–Trinajstić information content (AvgIpc) is 4.06. The molecule has 0 unspecified atom stereocenters. The Morgan fingerprint density at radius 2 is 1.81 bits per heavy atom. The molecule has 2 aromatic rings. The van der Waals surface area contributed by atoms with Crippen LogP contribution in [0.15, 0.2) is 36.5 Å². The molecule has 14 nitrogen and oxygen atoms in total. The van der Waals surface area contributed by atoms with Gasteiger partial charge in [-0.3, -0.25) is 19.1 Å². The van der Waals surface area contributed by atoms with Crippen LogP contribution in [0.25, 0.3) is 10.8 Å². The van der Waals surface area contributed by atoms with E-state index in [0.717, 1.165) is 18.7 Å². The summed E-state index contributed by atoms with van der Waals surface area (Å²) in [6.45, 7) is 4.80. The van der Waals surface area contributed by atoms with Crippen molar-refractivity contribution < 1.29 is 59.4 Å². The van der Waals surface area contributed by atoms with E-state index in [1.807, 2.05) is 17.7 Å². The maximum atomic E-state index is 14.8. The number of carbonyl (C=O) groups is 4. The zero-order chi connectivity index (χ0) is 43.3. The number of ether oxygens (including phenoxy) is 3. The quantitative estimate of drug-likeness (QED) is 0.215. The second-order valence-corrected chi connectivity index (χ2v) is 19.1. The highest BCUT2D eigenvalue weighted by Gasteiger charge is 2.64. The summed E-state index contributed by atoms with van der Waals surface area (Å²) >= 11 is 0. The molecule has 324 valence electrons. The fourth-order valence-corrected chi connectivity index (χ4v) is 9.27. The lowest BCUT2D eigenvalue weighted by molar-refractivity contribution is -0.152. The van der Waals surface area contributed by atoms with Crippen LogP contribution in [-0.4, -0.2) is 102 Å². The van der Waals surface area contributed by atoms with Crippen molar-refractivity contribution in [2.45, 2.75) is 120 Å². The van der Waals surface area contributed by atoms with Crippen LogP contribution in [0.3, 0.4) is 0 Å². The number of pyridine rings is 1. The molecule has 1 saturated heterocycles. The summed E-state index contributed by atoms with van der Waals surface area (Å²) in [4.78, 5) is 61.9. The predicted octanol–water partition coefficient (Wildman–Crippen LogP) is 5.09. The van der Waals surface area contributed by atoms with E-state index in [4.69, 9.17) is 14.2 Å². The third-order valence-electron chi connectivity index (χ3n) is 12.2. The average molecular weight is 854 g/mol. The van der Waals surface area contributed by atoms with Crippen molar-refractivity contribution >= 4 is 44.6 Å². The minimum absolute atomic E-state index is 0.00753. The molecule has 2 aliphatic heterocycles. The summed E-state index contributed by atoms with van der Waals surface area (Å²) in [6.07, 6.45) is 4.00. The highest BCUT2D eigenvalue weighted by Crippen LogP contribution is 2.48. The number of benzene rings is 1. The minimum atomic E-state index is -4.47. The molecule has 2 saturated carbocycles. The molecular formula is C40H51F4N5O9S. The highest BCUT2D eigenvalue weighted by atomic mass is 32.2. The second kappa shape index (κ2) is 16.1. The number of halogens is 4. The Balaban J connectivity index is 1.37. The van der Waals surface area contributed by atoms with Gasteiger partial charge in [-0.05, 0) is 76.3 Å². The largest absolute Gasteiger partial charge is 0.496 e. The molecule has 59 heavy (non-hydrogen) atoms. The van der Waals surface area contributed by atoms with Crippen molar-refractivity contribution in [3.8, 4) is 11.6 Å². The van der Waals surface area contributed by atoms with Gasteiger partial charge in [-0.25, -0.2) is 35.8 Å². The van der Waals surface area contributed by atoms with Crippen molar-refractivity contribution in [1.29, 1.82) is 0 Å². The molecule has 3 N–H and O–H groups in total. The van der Waals surface area contributed by atoms with Gasteiger partial charge < -0.3 is 29.7 Å². The van der Waals surface area contributed by atoms with E-state index in [1.54, 1.807) is 19.1 Å². The summed E-state index contributed by atoms with van der Waals surface area (Å²) in [7, 11) is -3.10. The number of fused-ring (bicyclic) bond motifs is 3. The van der Waals surface area contributed by atoms with Gasteiger partial charge >= 0.3 is 6.09 Å². The van der Waals surface area contributed by atoms with E-state index in [9.17, 15) is 45.2 Å². The monoisotopic (exact) mass is 853 g/mol. The van der Waals surface area contributed by atoms with Crippen LogP contribution in [0.2, 0.25) is 0 Å². The number of nitrogens with zero attached hydrogens (tertiary/aromatic N) is 2. The van der Waals surface area contributed by atoms with Gasteiger partial charge in [-0.15, -0.1) is 0 Å². The van der Waals surface area contributed by atoms with Crippen LogP contribution >= 0.6 is 0 Å². The maximum Gasteiger partial charge on any atom is 0.408 e.